The molecule has 5 nitrogen and oxygen atoms in total. The van der Waals surface area contributed by atoms with Crippen LogP contribution in [0.4, 0.5) is 30.4 Å². The zero-order chi connectivity index (χ0) is 19.4. The predicted octanol–water partition coefficient (Wildman–Crippen LogP) is 4.80. The number of aromatic nitrogens is 2. The van der Waals surface area contributed by atoms with Crippen LogP contribution in [-0.4, -0.2) is 15.9 Å². The zero-order valence-corrected chi connectivity index (χ0v) is 14.2. The van der Waals surface area contributed by atoms with Crippen molar-refractivity contribution in [3.63, 3.8) is 0 Å². The van der Waals surface area contributed by atoms with E-state index in [1.165, 1.54) is 24.5 Å². The summed E-state index contributed by atoms with van der Waals surface area (Å²) < 4.78 is 38.3. The molecule has 3 aromatic rings. The SMILES string of the molecule is Cc1cccc(NC(=O)c2cnc(Nc3cccc(C(F)(F)F)c3)cn2)c1. The van der Waals surface area contributed by atoms with Gasteiger partial charge in [-0.05, 0) is 42.8 Å². The van der Waals surface area contributed by atoms with E-state index in [4.69, 9.17) is 0 Å². The van der Waals surface area contributed by atoms with Crippen molar-refractivity contribution in [1.82, 2.24) is 9.97 Å². The second-order valence-electron chi connectivity index (χ2n) is 5.81. The van der Waals surface area contributed by atoms with Crippen LogP contribution in [0.2, 0.25) is 0 Å². The molecule has 0 aliphatic heterocycles. The van der Waals surface area contributed by atoms with Crippen LogP contribution in [0.1, 0.15) is 21.6 Å². The first-order chi connectivity index (χ1) is 12.8. The highest BCUT2D eigenvalue weighted by atomic mass is 19.4. The van der Waals surface area contributed by atoms with E-state index in [0.29, 0.717) is 5.69 Å². The Kier molecular flexibility index (Phi) is 5.07. The molecule has 3 rings (SSSR count). The molecule has 0 saturated carbocycles. The molecule has 0 radical (unpaired) electrons. The fourth-order valence-electron chi connectivity index (χ4n) is 2.35. The predicted molar refractivity (Wildman–Crippen MR) is 95.9 cm³/mol. The van der Waals surface area contributed by atoms with Crippen molar-refractivity contribution in [2.24, 2.45) is 0 Å². The summed E-state index contributed by atoms with van der Waals surface area (Å²) in [5.41, 5.74) is 1.17. The molecule has 0 bridgehead atoms. The number of anilines is 3. The van der Waals surface area contributed by atoms with E-state index in [0.717, 1.165) is 17.7 Å². The molecule has 0 aliphatic carbocycles. The molecule has 0 saturated heterocycles. The van der Waals surface area contributed by atoms with Crippen LogP contribution in [0.3, 0.4) is 0 Å². The first kappa shape index (κ1) is 18.4. The molecule has 0 atom stereocenters. The van der Waals surface area contributed by atoms with Crippen LogP contribution < -0.4 is 10.6 Å². The summed E-state index contributed by atoms with van der Waals surface area (Å²) in [6.45, 7) is 1.91. The summed E-state index contributed by atoms with van der Waals surface area (Å²) >= 11 is 0. The summed E-state index contributed by atoms with van der Waals surface area (Å²) in [7, 11) is 0. The maximum absolute atomic E-state index is 12.8. The Morgan fingerprint density at radius 3 is 2.37 bits per heavy atom. The van der Waals surface area contributed by atoms with Crippen LogP contribution in [0.5, 0.6) is 0 Å². The van der Waals surface area contributed by atoms with E-state index in [1.807, 2.05) is 25.1 Å². The van der Waals surface area contributed by atoms with Gasteiger partial charge in [-0.15, -0.1) is 0 Å². The van der Waals surface area contributed by atoms with Gasteiger partial charge >= 0.3 is 6.18 Å². The van der Waals surface area contributed by atoms with Gasteiger partial charge in [0.1, 0.15) is 11.5 Å². The number of nitrogens with zero attached hydrogens (tertiary/aromatic N) is 2. The second kappa shape index (κ2) is 7.45. The number of alkyl halides is 3. The molecule has 2 N–H and O–H groups in total. The van der Waals surface area contributed by atoms with Gasteiger partial charge in [0.15, 0.2) is 0 Å². The summed E-state index contributed by atoms with van der Waals surface area (Å²) in [4.78, 5) is 20.2. The van der Waals surface area contributed by atoms with Crippen molar-refractivity contribution >= 4 is 23.1 Å². The highest BCUT2D eigenvalue weighted by molar-refractivity contribution is 6.02. The number of benzene rings is 2. The Morgan fingerprint density at radius 2 is 1.70 bits per heavy atom. The lowest BCUT2D eigenvalue weighted by Crippen LogP contribution is -2.14. The van der Waals surface area contributed by atoms with E-state index in [1.54, 1.807) is 6.07 Å². The molecule has 138 valence electrons. The molecule has 0 spiro atoms. The zero-order valence-electron chi connectivity index (χ0n) is 14.2. The van der Waals surface area contributed by atoms with Crippen molar-refractivity contribution in [3.8, 4) is 0 Å². The van der Waals surface area contributed by atoms with Crippen LogP contribution >= 0.6 is 0 Å². The Morgan fingerprint density at radius 1 is 0.963 bits per heavy atom. The maximum Gasteiger partial charge on any atom is 0.416 e. The van der Waals surface area contributed by atoms with Crippen molar-refractivity contribution in [2.75, 3.05) is 10.6 Å². The highest BCUT2D eigenvalue weighted by Gasteiger charge is 2.30. The lowest BCUT2D eigenvalue weighted by Gasteiger charge is -2.10. The normalized spacial score (nSPS) is 11.1. The fraction of sp³-hybridized carbons (Fsp3) is 0.105. The lowest BCUT2D eigenvalue weighted by molar-refractivity contribution is -0.137. The average molecular weight is 372 g/mol. The fourth-order valence-corrected chi connectivity index (χ4v) is 2.35. The standard InChI is InChI=1S/C19H15F3N4O/c1-12-4-2-6-14(8-12)26-18(27)16-10-24-17(11-23-16)25-15-7-3-5-13(9-15)19(20,21)22/h2-11H,1H3,(H,24,25)(H,26,27). The smallest absolute Gasteiger partial charge is 0.339 e. The third-order valence-electron chi connectivity index (χ3n) is 3.62. The molecule has 1 aromatic heterocycles. The van der Waals surface area contributed by atoms with Gasteiger partial charge in [0.05, 0.1) is 18.0 Å². The van der Waals surface area contributed by atoms with Crippen molar-refractivity contribution in [1.29, 1.82) is 0 Å². The van der Waals surface area contributed by atoms with Crippen LogP contribution in [-0.2, 0) is 6.18 Å². The molecule has 0 unspecified atom stereocenters. The first-order valence-corrected chi connectivity index (χ1v) is 7.95. The number of halogens is 3. The lowest BCUT2D eigenvalue weighted by atomic mass is 10.2. The molecule has 0 aliphatic rings. The van der Waals surface area contributed by atoms with Crippen molar-refractivity contribution in [3.05, 3.63) is 77.7 Å². The Hall–Kier alpha value is -3.42. The third kappa shape index (κ3) is 4.81. The highest BCUT2D eigenvalue weighted by Crippen LogP contribution is 2.31. The molecule has 27 heavy (non-hydrogen) atoms. The van der Waals surface area contributed by atoms with Crippen LogP contribution in [0.25, 0.3) is 0 Å². The average Bonchev–Trinajstić information content (AvgIpc) is 2.62. The molecule has 1 heterocycles. The summed E-state index contributed by atoms with van der Waals surface area (Å²) in [6.07, 6.45) is -1.90. The third-order valence-corrected chi connectivity index (χ3v) is 3.62. The van der Waals surface area contributed by atoms with E-state index in [-0.39, 0.29) is 17.2 Å². The van der Waals surface area contributed by atoms with E-state index < -0.39 is 17.6 Å². The minimum Gasteiger partial charge on any atom is -0.339 e. The van der Waals surface area contributed by atoms with Gasteiger partial charge < -0.3 is 10.6 Å². The minimum absolute atomic E-state index is 0.0890. The second-order valence-corrected chi connectivity index (χ2v) is 5.81. The molecular weight excluding hydrogens is 357 g/mol. The summed E-state index contributed by atoms with van der Waals surface area (Å²) in [5, 5.41) is 5.44. The molecule has 1 amide bonds. The molecular formula is C19H15F3N4O. The van der Waals surface area contributed by atoms with Gasteiger partial charge in [0.25, 0.3) is 5.91 Å². The Labute approximate surface area is 153 Å². The Balaban J connectivity index is 1.69. The van der Waals surface area contributed by atoms with Crippen molar-refractivity contribution in [2.45, 2.75) is 13.1 Å². The number of hydrogen-bond donors (Lipinski definition) is 2. The number of carbonyl (C=O) groups is 1. The number of carbonyl (C=O) groups excluding carboxylic acids is 1. The number of rotatable bonds is 4. The first-order valence-electron chi connectivity index (χ1n) is 7.95. The van der Waals surface area contributed by atoms with E-state index >= 15 is 0 Å². The minimum atomic E-state index is -4.43. The van der Waals surface area contributed by atoms with Crippen molar-refractivity contribution < 1.29 is 18.0 Å². The molecule has 2 aromatic carbocycles. The summed E-state index contributed by atoms with van der Waals surface area (Å²) in [5.74, 6) is -0.208. The maximum atomic E-state index is 12.8. The van der Waals surface area contributed by atoms with Gasteiger partial charge in [-0.25, -0.2) is 9.97 Å². The van der Waals surface area contributed by atoms with E-state index in [9.17, 15) is 18.0 Å². The molecule has 8 heteroatoms. The number of nitrogens with one attached hydrogen (secondary N) is 2. The summed E-state index contributed by atoms with van der Waals surface area (Å²) in [6, 6.07) is 12.0. The number of aryl methyl sites for hydroxylation is 1. The quantitative estimate of drug-likeness (QED) is 0.690. The topological polar surface area (TPSA) is 66.9 Å². The van der Waals surface area contributed by atoms with Crippen LogP contribution in [0, 0.1) is 6.92 Å². The number of hydrogen-bond acceptors (Lipinski definition) is 4. The molecule has 0 fully saturated rings. The number of amides is 1. The van der Waals surface area contributed by atoms with Gasteiger partial charge in [0.2, 0.25) is 0 Å². The largest absolute Gasteiger partial charge is 0.416 e. The van der Waals surface area contributed by atoms with E-state index in [2.05, 4.69) is 20.6 Å². The van der Waals surface area contributed by atoms with Gasteiger partial charge in [-0.1, -0.05) is 18.2 Å². The van der Waals surface area contributed by atoms with Gasteiger partial charge in [0, 0.05) is 11.4 Å². The monoisotopic (exact) mass is 372 g/mol. The van der Waals surface area contributed by atoms with Gasteiger partial charge in [-0.2, -0.15) is 13.2 Å². The van der Waals surface area contributed by atoms with Crippen LogP contribution in [0.15, 0.2) is 60.9 Å². The Bertz CT molecular complexity index is 956. The van der Waals surface area contributed by atoms with Gasteiger partial charge in [-0.3, -0.25) is 4.79 Å².